The molecule has 2 amide bonds. The Kier molecular flexibility index (Phi) is 5.18. The van der Waals surface area contributed by atoms with Crippen molar-refractivity contribution in [3.63, 3.8) is 0 Å². The summed E-state index contributed by atoms with van der Waals surface area (Å²) >= 11 is 0. The Bertz CT molecular complexity index is 1470. The van der Waals surface area contributed by atoms with Crippen LogP contribution in [-0.2, 0) is 14.3 Å². The van der Waals surface area contributed by atoms with Crippen molar-refractivity contribution in [2.45, 2.75) is 6.42 Å². The van der Waals surface area contributed by atoms with Gasteiger partial charge < -0.3 is 4.74 Å². The van der Waals surface area contributed by atoms with E-state index in [2.05, 4.69) is 12.2 Å². The number of esters is 1. The van der Waals surface area contributed by atoms with Crippen LogP contribution in [-0.4, -0.2) is 30.2 Å². The van der Waals surface area contributed by atoms with Gasteiger partial charge in [-0.1, -0.05) is 78.9 Å². The molecule has 0 spiro atoms. The smallest absolute Gasteiger partial charge is 0.340 e. The molecule has 1 saturated heterocycles. The van der Waals surface area contributed by atoms with Crippen molar-refractivity contribution < 1.29 is 23.9 Å². The maximum Gasteiger partial charge on any atom is 0.340 e. The molecule has 3 aromatic rings. The minimum absolute atomic E-state index is 0.0986. The lowest BCUT2D eigenvalue weighted by Crippen LogP contribution is -2.40. The molecular weight excluding hydrogens is 478 g/mol. The molecule has 2 bridgehead atoms. The molecule has 0 N–H and O–H groups in total. The fourth-order valence-corrected chi connectivity index (χ4v) is 6.81. The van der Waals surface area contributed by atoms with E-state index in [1.807, 2.05) is 42.5 Å². The van der Waals surface area contributed by atoms with Gasteiger partial charge in [-0.15, -0.1) is 0 Å². The number of nitrogens with zero attached hydrogens (tertiary/aromatic N) is 1. The van der Waals surface area contributed by atoms with E-state index in [0.29, 0.717) is 17.4 Å². The van der Waals surface area contributed by atoms with Gasteiger partial charge in [-0.2, -0.15) is 0 Å². The Morgan fingerprint density at radius 3 is 1.97 bits per heavy atom. The van der Waals surface area contributed by atoms with Gasteiger partial charge in [0.15, 0.2) is 12.4 Å². The molecule has 8 rings (SSSR count). The normalized spacial score (nSPS) is 28.2. The summed E-state index contributed by atoms with van der Waals surface area (Å²) in [6.07, 6.45) is 5.32. The van der Waals surface area contributed by atoms with E-state index >= 15 is 0 Å². The van der Waals surface area contributed by atoms with Crippen LogP contribution in [0.5, 0.6) is 0 Å². The highest BCUT2D eigenvalue weighted by Gasteiger charge is 2.67. The van der Waals surface area contributed by atoms with Crippen LogP contribution in [0, 0.1) is 35.5 Å². The number of anilines is 1. The van der Waals surface area contributed by atoms with E-state index in [1.54, 1.807) is 30.3 Å². The molecule has 5 aliphatic rings. The standard InChI is InChI=1S/C32H25NO5/c34-27(20-12-10-19(11-13-20)18-6-2-1-3-7-18)17-38-32(37)23-8-4-5-9-26(23)33-30(35)28-21-14-15-22(25-16-24(21)25)29(28)31(33)36/h1-15,21-22,24-25,28-29H,16-17H2/t21-,22-,24-,25-,28-,29+/m0/s1. The number of ketones is 1. The van der Waals surface area contributed by atoms with Gasteiger partial charge in [-0.3, -0.25) is 14.4 Å². The number of Topliss-reactive ketones (excluding diaryl/α,β-unsaturated/α-hetero) is 1. The Labute approximate surface area is 219 Å². The summed E-state index contributed by atoms with van der Waals surface area (Å²) in [5.74, 6) is -1.07. The number of para-hydroxylation sites is 1. The van der Waals surface area contributed by atoms with Crippen LogP contribution >= 0.6 is 0 Å². The number of hydrogen-bond acceptors (Lipinski definition) is 5. The Morgan fingerprint density at radius 1 is 0.737 bits per heavy atom. The maximum atomic E-state index is 13.5. The fraction of sp³-hybridized carbons (Fsp3) is 0.250. The number of amides is 2. The zero-order valence-corrected chi connectivity index (χ0v) is 20.5. The third-order valence-corrected chi connectivity index (χ3v) is 8.68. The first-order valence-corrected chi connectivity index (χ1v) is 13.0. The molecule has 0 aromatic heterocycles. The van der Waals surface area contributed by atoms with Crippen LogP contribution < -0.4 is 4.90 Å². The minimum Gasteiger partial charge on any atom is -0.454 e. The third kappa shape index (κ3) is 3.47. The van der Waals surface area contributed by atoms with E-state index in [-0.39, 0.29) is 52.5 Å². The Balaban J connectivity index is 1.07. The van der Waals surface area contributed by atoms with Crippen LogP contribution in [0.25, 0.3) is 11.1 Å². The van der Waals surface area contributed by atoms with E-state index in [0.717, 1.165) is 17.5 Å². The number of imide groups is 1. The molecule has 6 atom stereocenters. The largest absolute Gasteiger partial charge is 0.454 e. The van der Waals surface area contributed by atoms with Crippen molar-refractivity contribution in [1.29, 1.82) is 0 Å². The van der Waals surface area contributed by atoms with E-state index < -0.39 is 12.6 Å². The number of ether oxygens (including phenoxy) is 1. The summed E-state index contributed by atoms with van der Waals surface area (Å²) in [5, 5.41) is 0. The van der Waals surface area contributed by atoms with Gasteiger partial charge in [0.2, 0.25) is 11.8 Å². The van der Waals surface area contributed by atoms with Crippen LogP contribution in [0.15, 0.2) is 91.0 Å². The van der Waals surface area contributed by atoms with Gasteiger partial charge >= 0.3 is 5.97 Å². The van der Waals surface area contributed by atoms with Gasteiger partial charge in [0.05, 0.1) is 23.1 Å². The molecule has 188 valence electrons. The highest BCUT2D eigenvalue weighted by atomic mass is 16.5. The summed E-state index contributed by atoms with van der Waals surface area (Å²) in [5.41, 5.74) is 2.79. The van der Waals surface area contributed by atoms with Gasteiger partial charge in [0, 0.05) is 5.56 Å². The summed E-state index contributed by atoms with van der Waals surface area (Å²) in [7, 11) is 0. The number of carbonyl (C=O) groups excluding carboxylic acids is 4. The second-order valence-electron chi connectivity index (χ2n) is 10.6. The first kappa shape index (κ1) is 22.8. The molecule has 1 heterocycles. The lowest BCUT2D eigenvalue weighted by molar-refractivity contribution is -0.124. The van der Waals surface area contributed by atoms with Crippen LogP contribution in [0.4, 0.5) is 5.69 Å². The molecule has 38 heavy (non-hydrogen) atoms. The minimum atomic E-state index is -0.741. The number of hydrogen-bond donors (Lipinski definition) is 0. The SMILES string of the molecule is O=C(COC(=O)c1ccccc1N1C(=O)[C@@H]2[C@H]3C=C[C@@H]([C@@H]4C[C@@H]34)[C@@H]2C1=O)c1ccc(-c2ccccc2)cc1. The molecule has 6 nitrogen and oxygen atoms in total. The van der Waals surface area contributed by atoms with Crippen molar-refractivity contribution in [3.05, 3.63) is 102 Å². The van der Waals surface area contributed by atoms with Crippen molar-refractivity contribution in [2.75, 3.05) is 11.5 Å². The molecule has 2 saturated carbocycles. The van der Waals surface area contributed by atoms with Crippen molar-refractivity contribution in [1.82, 2.24) is 0 Å². The summed E-state index contributed by atoms with van der Waals surface area (Å²) in [6, 6.07) is 23.4. The lowest BCUT2D eigenvalue weighted by atomic mass is 9.63. The monoisotopic (exact) mass is 503 g/mol. The van der Waals surface area contributed by atoms with Crippen molar-refractivity contribution in [2.24, 2.45) is 35.5 Å². The molecule has 4 aliphatic carbocycles. The first-order chi connectivity index (χ1) is 18.5. The van der Waals surface area contributed by atoms with Crippen LogP contribution in [0.1, 0.15) is 27.1 Å². The highest BCUT2D eigenvalue weighted by Crippen LogP contribution is 2.65. The second kappa shape index (κ2) is 8.62. The molecule has 3 fully saturated rings. The molecular formula is C32H25NO5. The predicted molar refractivity (Wildman–Crippen MR) is 140 cm³/mol. The van der Waals surface area contributed by atoms with Gasteiger partial charge in [-0.25, -0.2) is 9.69 Å². The topological polar surface area (TPSA) is 80.8 Å². The quantitative estimate of drug-likeness (QED) is 0.206. The summed E-state index contributed by atoms with van der Waals surface area (Å²) < 4.78 is 5.38. The Hall–Kier alpha value is -4.32. The van der Waals surface area contributed by atoms with E-state index in [4.69, 9.17) is 4.74 Å². The lowest BCUT2D eigenvalue weighted by Gasteiger charge is -2.37. The average molecular weight is 504 g/mol. The molecule has 1 aliphatic heterocycles. The van der Waals surface area contributed by atoms with Gasteiger partial charge in [-0.05, 0) is 53.4 Å². The van der Waals surface area contributed by atoms with Gasteiger partial charge in [0.1, 0.15) is 0 Å². The maximum absolute atomic E-state index is 13.5. The average Bonchev–Trinajstić information content (AvgIpc) is 3.75. The Morgan fingerprint density at radius 2 is 1.32 bits per heavy atom. The predicted octanol–water partition coefficient (Wildman–Crippen LogP) is 4.95. The van der Waals surface area contributed by atoms with E-state index in [1.165, 1.54) is 11.0 Å². The summed E-state index contributed by atoms with van der Waals surface area (Å²) in [6.45, 7) is -0.442. The number of benzene rings is 3. The third-order valence-electron chi connectivity index (χ3n) is 8.68. The number of carbonyl (C=O) groups is 4. The second-order valence-corrected chi connectivity index (χ2v) is 10.6. The van der Waals surface area contributed by atoms with Crippen molar-refractivity contribution in [3.8, 4) is 11.1 Å². The van der Waals surface area contributed by atoms with Gasteiger partial charge in [0.25, 0.3) is 0 Å². The zero-order valence-electron chi connectivity index (χ0n) is 20.5. The first-order valence-electron chi connectivity index (χ1n) is 13.0. The van der Waals surface area contributed by atoms with E-state index in [9.17, 15) is 19.2 Å². The highest BCUT2D eigenvalue weighted by molar-refractivity contribution is 6.24. The van der Waals surface area contributed by atoms with Crippen LogP contribution in [0.3, 0.4) is 0 Å². The molecule has 0 radical (unpaired) electrons. The number of rotatable bonds is 6. The zero-order chi connectivity index (χ0) is 26.0. The fourth-order valence-electron chi connectivity index (χ4n) is 6.81. The molecule has 3 aromatic carbocycles. The molecule has 6 heteroatoms. The number of allylic oxidation sites excluding steroid dienone is 2. The molecule has 0 unspecified atom stereocenters. The van der Waals surface area contributed by atoms with Crippen molar-refractivity contribution >= 4 is 29.3 Å². The van der Waals surface area contributed by atoms with Crippen LogP contribution in [0.2, 0.25) is 0 Å². The summed E-state index contributed by atoms with van der Waals surface area (Å²) in [4.78, 5) is 54.1.